The zero-order valence-corrected chi connectivity index (χ0v) is 12.7. The molecule has 110 valence electrons. The van der Waals surface area contributed by atoms with Gasteiger partial charge in [0, 0.05) is 30.9 Å². The van der Waals surface area contributed by atoms with Gasteiger partial charge in [0.05, 0.1) is 10.6 Å². The molecule has 0 bridgehead atoms. The van der Waals surface area contributed by atoms with Crippen molar-refractivity contribution in [1.29, 1.82) is 0 Å². The summed E-state index contributed by atoms with van der Waals surface area (Å²) in [4.78, 5) is 2.98. The van der Waals surface area contributed by atoms with E-state index in [9.17, 15) is 8.42 Å². The van der Waals surface area contributed by atoms with Crippen molar-refractivity contribution in [2.75, 3.05) is 24.2 Å². The van der Waals surface area contributed by atoms with Crippen molar-refractivity contribution >= 4 is 15.5 Å². The molecule has 5 heteroatoms. The average Bonchev–Trinajstić information content (AvgIpc) is 3.20. The van der Waals surface area contributed by atoms with Gasteiger partial charge in [-0.25, -0.2) is 8.42 Å². The molecule has 20 heavy (non-hydrogen) atoms. The molecule has 1 heterocycles. The zero-order valence-electron chi connectivity index (χ0n) is 11.9. The van der Waals surface area contributed by atoms with Crippen molar-refractivity contribution in [3.05, 3.63) is 24.3 Å². The number of likely N-dealkylation sites (tertiary alicyclic amines) is 1. The van der Waals surface area contributed by atoms with E-state index >= 15 is 0 Å². The lowest BCUT2D eigenvalue weighted by atomic mass is 10.2. The minimum absolute atomic E-state index is 0.152. The smallest absolute Gasteiger partial charge is 0.178 e. The molecule has 1 saturated carbocycles. The van der Waals surface area contributed by atoms with Crippen LogP contribution in [0.5, 0.6) is 0 Å². The van der Waals surface area contributed by atoms with Crippen molar-refractivity contribution in [3.63, 3.8) is 0 Å². The van der Waals surface area contributed by atoms with Gasteiger partial charge in [-0.1, -0.05) is 6.92 Å². The molecule has 1 saturated heterocycles. The molecule has 0 spiro atoms. The molecule has 0 aromatic heterocycles. The predicted molar refractivity (Wildman–Crippen MR) is 80.8 cm³/mol. The minimum Gasteiger partial charge on any atom is -0.381 e. The molecule has 1 atom stereocenters. The van der Waals surface area contributed by atoms with Crippen molar-refractivity contribution in [1.82, 2.24) is 4.90 Å². The largest absolute Gasteiger partial charge is 0.381 e. The Hall–Kier alpha value is -1.07. The third-order valence-electron chi connectivity index (χ3n) is 4.25. The number of hydrogen-bond donors (Lipinski definition) is 1. The maximum Gasteiger partial charge on any atom is 0.178 e. The van der Waals surface area contributed by atoms with E-state index in [1.807, 2.05) is 12.1 Å². The van der Waals surface area contributed by atoms with Crippen LogP contribution < -0.4 is 5.32 Å². The van der Waals surface area contributed by atoms with E-state index in [0.717, 1.165) is 18.3 Å². The van der Waals surface area contributed by atoms with Gasteiger partial charge in [0.2, 0.25) is 0 Å². The molecule has 1 aromatic rings. The van der Waals surface area contributed by atoms with Crippen molar-refractivity contribution in [2.24, 2.45) is 0 Å². The summed E-state index contributed by atoms with van der Waals surface area (Å²) in [6, 6.07) is 8.48. The lowest BCUT2D eigenvalue weighted by Crippen LogP contribution is -2.27. The third kappa shape index (κ3) is 2.99. The number of nitrogens with one attached hydrogen (secondary N) is 1. The lowest BCUT2D eigenvalue weighted by molar-refractivity contribution is 0.326. The van der Waals surface area contributed by atoms with E-state index in [4.69, 9.17) is 0 Å². The second-order valence-electron chi connectivity index (χ2n) is 5.78. The average molecular weight is 294 g/mol. The summed E-state index contributed by atoms with van der Waals surface area (Å²) in [6.07, 6.45) is 3.89. The SMILES string of the molecule is CCS(=O)(=O)c1ccc(NC2CCN(C3CC3)C2)cc1. The van der Waals surface area contributed by atoms with Crippen LogP contribution in [0.3, 0.4) is 0 Å². The van der Waals surface area contributed by atoms with Gasteiger partial charge in [-0.2, -0.15) is 0 Å². The standard InChI is InChI=1S/C15H22N2O2S/c1-2-20(18,19)15-7-3-12(4-8-15)16-13-9-10-17(11-13)14-5-6-14/h3-4,7-8,13-14,16H,2,5-6,9-11H2,1H3. The Labute approximate surface area is 121 Å². The van der Waals surface area contributed by atoms with Crippen LogP contribution in [0.4, 0.5) is 5.69 Å². The highest BCUT2D eigenvalue weighted by atomic mass is 32.2. The minimum atomic E-state index is -3.09. The summed E-state index contributed by atoms with van der Waals surface area (Å²) >= 11 is 0. The van der Waals surface area contributed by atoms with E-state index < -0.39 is 9.84 Å². The summed E-state index contributed by atoms with van der Waals surface area (Å²) in [6.45, 7) is 3.97. The molecule has 1 aromatic carbocycles. The maximum atomic E-state index is 11.8. The Morgan fingerprint density at radius 3 is 2.50 bits per heavy atom. The van der Waals surface area contributed by atoms with Gasteiger partial charge in [0.1, 0.15) is 0 Å². The number of rotatable bonds is 5. The first-order valence-electron chi connectivity index (χ1n) is 7.42. The van der Waals surface area contributed by atoms with E-state index in [1.54, 1.807) is 19.1 Å². The first-order valence-corrected chi connectivity index (χ1v) is 9.07. The van der Waals surface area contributed by atoms with Crippen LogP contribution in [0.15, 0.2) is 29.2 Å². The highest BCUT2D eigenvalue weighted by Gasteiger charge is 2.34. The molecule has 1 aliphatic heterocycles. The van der Waals surface area contributed by atoms with Crippen LogP contribution in [-0.2, 0) is 9.84 Å². The molecule has 0 radical (unpaired) electrons. The Balaban J connectivity index is 1.61. The molecule has 3 rings (SSSR count). The topological polar surface area (TPSA) is 49.4 Å². The van der Waals surface area contributed by atoms with Crippen LogP contribution in [0.25, 0.3) is 0 Å². The molecule has 2 aliphatic rings. The third-order valence-corrected chi connectivity index (χ3v) is 6.00. The summed E-state index contributed by atoms with van der Waals surface area (Å²) in [7, 11) is -3.09. The van der Waals surface area contributed by atoms with E-state index in [1.165, 1.54) is 25.8 Å². The summed E-state index contributed by atoms with van der Waals surface area (Å²) < 4.78 is 23.5. The molecule has 1 aliphatic carbocycles. The van der Waals surface area contributed by atoms with Crippen LogP contribution in [0.2, 0.25) is 0 Å². The Morgan fingerprint density at radius 1 is 1.20 bits per heavy atom. The molecule has 4 nitrogen and oxygen atoms in total. The van der Waals surface area contributed by atoms with E-state index in [0.29, 0.717) is 10.9 Å². The molecule has 2 fully saturated rings. The van der Waals surface area contributed by atoms with Gasteiger partial charge >= 0.3 is 0 Å². The second kappa shape index (κ2) is 5.37. The Kier molecular flexibility index (Phi) is 3.73. The zero-order chi connectivity index (χ0) is 14.2. The first kappa shape index (κ1) is 13.9. The van der Waals surface area contributed by atoms with Gasteiger partial charge in [0.25, 0.3) is 0 Å². The van der Waals surface area contributed by atoms with Crippen LogP contribution >= 0.6 is 0 Å². The summed E-state index contributed by atoms with van der Waals surface area (Å²) in [5.41, 5.74) is 1.02. The van der Waals surface area contributed by atoms with Gasteiger partial charge in [-0.3, -0.25) is 4.90 Å². The summed E-state index contributed by atoms with van der Waals surface area (Å²) in [5, 5.41) is 3.51. The van der Waals surface area contributed by atoms with E-state index in [-0.39, 0.29) is 5.75 Å². The van der Waals surface area contributed by atoms with Crippen LogP contribution in [-0.4, -0.2) is 44.2 Å². The number of hydrogen-bond acceptors (Lipinski definition) is 4. The fourth-order valence-electron chi connectivity index (χ4n) is 2.84. The Bertz CT molecular complexity index is 564. The first-order chi connectivity index (χ1) is 9.58. The normalized spacial score (nSPS) is 23.9. The fourth-order valence-corrected chi connectivity index (χ4v) is 3.72. The summed E-state index contributed by atoms with van der Waals surface area (Å²) in [5.74, 6) is 0.152. The van der Waals surface area contributed by atoms with Gasteiger partial charge in [-0.15, -0.1) is 0 Å². The number of benzene rings is 1. The van der Waals surface area contributed by atoms with Gasteiger partial charge in [0.15, 0.2) is 9.84 Å². The van der Waals surface area contributed by atoms with Crippen molar-refractivity contribution in [2.45, 2.75) is 43.2 Å². The quantitative estimate of drug-likeness (QED) is 0.904. The van der Waals surface area contributed by atoms with Gasteiger partial charge in [-0.05, 0) is 43.5 Å². The number of sulfone groups is 1. The Morgan fingerprint density at radius 2 is 1.90 bits per heavy atom. The van der Waals surface area contributed by atoms with E-state index in [2.05, 4.69) is 10.2 Å². The van der Waals surface area contributed by atoms with Crippen LogP contribution in [0.1, 0.15) is 26.2 Å². The fraction of sp³-hybridized carbons (Fsp3) is 0.600. The maximum absolute atomic E-state index is 11.8. The molecular weight excluding hydrogens is 272 g/mol. The lowest BCUT2D eigenvalue weighted by Gasteiger charge is -2.16. The molecular formula is C15H22N2O2S. The second-order valence-corrected chi connectivity index (χ2v) is 8.06. The van der Waals surface area contributed by atoms with Crippen LogP contribution in [0, 0.1) is 0 Å². The molecule has 0 amide bonds. The monoisotopic (exact) mass is 294 g/mol. The van der Waals surface area contributed by atoms with Crippen molar-refractivity contribution in [3.8, 4) is 0 Å². The predicted octanol–water partition coefficient (Wildman–Crippen LogP) is 2.13. The molecule has 1 unspecified atom stereocenters. The number of nitrogens with zero attached hydrogens (tertiary/aromatic N) is 1. The van der Waals surface area contributed by atoms with Gasteiger partial charge < -0.3 is 5.32 Å². The van der Waals surface area contributed by atoms with Crippen molar-refractivity contribution < 1.29 is 8.42 Å². The highest BCUT2D eigenvalue weighted by Crippen LogP contribution is 2.30. The molecule has 1 N–H and O–H groups in total. The number of anilines is 1. The highest BCUT2D eigenvalue weighted by molar-refractivity contribution is 7.91.